The second-order valence-corrected chi connectivity index (χ2v) is 7.02. The van der Waals surface area contributed by atoms with Crippen LogP contribution in [0.25, 0.3) is 11.1 Å². The number of H-pyrrole nitrogens is 1. The van der Waals surface area contributed by atoms with Crippen LogP contribution in [0.3, 0.4) is 0 Å². The number of carbonyl (C=O) groups is 1. The molecule has 0 aliphatic heterocycles. The number of carbonyl (C=O) groups excluding carboxylic acids is 1. The third kappa shape index (κ3) is 3.51. The zero-order chi connectivity index (χ0) is 19.7. The Morgan fingerprint density at radius 3 is 2.64 bits per heavy atom. The number of pyridine rings is 1. The number of aromatic nitrogens is 2. The summed E-state index contributed by atoms with van der Waals surface area (Å²) in [5.41, 5.74) is 5.68. The Morgan fingerprint density at radius 1 is 1.11 bits per heavy atom. The van der Waals surface area contributed by atoms with E-state index < -0.39 is 5.76 Å². The number of ketones is 1. The lowest BCUT2D eigenvalue weighted by atomic mass is 9.86. The molecule has 0 fully saturated rings. The SMILES string of the molecule is Cc1ccc([C@H](CC(=O)c2ccc3oc(=O)[nH]c3c2)c2ncccc2C)cc1. The van der Waals surface area contributed by atoms with E-state index in [0.29, 0.717) is 16.7 Å². The van der Waals surface area contributed by atoms with Crippen LogP contribution in [0.15, 0.2) is 70.0 Å². The first-order chi connectivity index (χ1) is 13.5. The fourth-order valence-corrected chi connectivity index (χ4v) is 3.46. The molecule has 4 aromatic rings. The van der Waals surface area contributed by atoms with E-state index in [1.807, 2.05) is 38.1 Å². The molecule has 1 atom stereocenters. The highest BCUT2D eigenvalue weighted by Crippen LogP contribution is 2.30. The topological polar surface area (TPSA) is 76.0 Å². The van der Waals surface area contributed by atoms with Gasteiger partial charge in [-0.2, -0.15) is 0 Å². The standard InChI is InChI=1S/C23H20N2O3/c1-14-5-7-16(8-6-14)18(22-15(2)4-3-11-24-22)13-20(26)17-9-10-21-19(12-17)25-23(27)28-21/h3-12,18H,13H2,1-2H3,(H,25,27)/t18-/m0/s1. The van der Waals surface area contributed by atoms with Crippen molar-refractivity contribution < 1.29 is 9.21 Å². The zero-order valence-corrected chi connectivity index (χ0v) is 15.7. The van der Waals surface area contributed by atoms with Gasteiger partial charge in [0.1, 0.15) is 0 Å². The summed E-state index contributed by atoms with van der Waals surface area (Å²) >= 11 is 0. The number of aryl methyl sites for hydroxylation is 2. The van der Waals surface area contributed by atoms with Crippen molar-refractivity contribution in [1.82, 2.24) is 9.97 Å². The van der Waals surface area contributed by atoms with Gasteiger partial charge in [-0.1, -0.05) is 35.9 Å². The predicted octanol–water partition coefficient (Wildman–Crippen LogP) is 4.54. The summed E-state index contributed by atoms with van der Waals surface area (Å²) in [6, 6.07) is 17.1. The Labute approximate surface area is 162 Å². The minimum Gasteiger partial charge on any atom is -0.408 e. The van der Waals surface area contributed by atoms with Crippen LogP contribution in [0.2, 0.25) is 0 Å². The van der Waals surface area contributed by atoms with Crippen molar-refractivity contribution in [1.29, 1.82) is 0 Å². The highest BCUT2D eigenvalue weighted by atomic mass is 16.4. The Kier molecular flexibility index (Phi) is 4.65. The van der Waals surface area contributed by atoms with Crippen LogP contribution in [0.1, 0.15) is 45.1 Å². The molecule has 2 aromatic carbocycles. The molecule has 0 saturated heterocycles. The molecule has 0 aliphatic carbocycles. The molecule has 0 unspecified atom stereocenters. The van der Waals surface area contributed by atoms with E-state index in [1.165, 1.54) is 5.56 Å². The second kappa shape index (κ2) is 7.27. The van der Waals surface area contributed by atoms with E-state index in [9.17, 15) is 9.59 Å². The van der Waals surface area contributed by atoms with Gasteiger partial charge in [0.05, 0.1) is 11.2 Å². The first-order valence-corrected chi connectivity index (χ1v) is 9.15. The van der Waals surface area contributed by atoms with Crippen molar-refractivity contribution in [3.8, 4) is 0 Å². The number of oxazole rings is 1. The van der Waals surface area contributed by atoms with Gasteiger partial charge >= 0.3 is 5.76 Å². The lowest BCUT2D eigenvalue weighted by molar-refractivity contribution is 0.0977. The molecule has 0 aliphatic rings. The van der Waals surface area contributed by atoms with E-state index >= 15 is 0 Å². The van der Waals surface area contributed by atoms with Gasteiger partial charge in [0.2, 0.25) is 0 Å². The van der Waals surface area contributed by atoms with Crippen LogP contribution in [-0.2, 0) is 0 Å². The van der Waals surface area contributed by atoms with E-state index in [2.05, 4.69) is 22.1 Å². The van der Waals surface area contributed by atoms with Crippen molar-refractivity contribution in [2.45, 2.75) is 26.2 Å². The lowest BCUT2D eigenvalue weighted by Gasteiger charge is -2.18. The molecule has 5 heteroatoms. The average molecular weight is 372 g/mol. The molecular weight excluding hydrogens is 352 g/mol. The smallest absolute Gasteiger partial charge is 0.408 e. The molecular formula is C23H20N2O3. The lowest BCUT2D eigenvalue weighted by Crippen LogP contribution is -2.12. The van der Waals surface area contributed by atoms with Crippen molar-refractivity contribution in [2.24, 2.45) is 0 Å². The summed E-state index contributed by atoms with van der Waals surface area (Å²) in [5.74, 6) is -0.686. The van der Waals surface area contributed by atoms with Gasteiger partial charge in [-0.3, -0.25) is 14.8 Å². The summed E-state index contributed by atoms with van der Waals surface area (Å²) in [7, 11) is 0. The average Bonchev–Trinajstić information content (AvgIpc) is 3.06. The number of rotatable bonds is 5. The van der Waals surface area contributed by atoms with Gasteiger partial charge in [-0.25, -0.2) is 4.79 Å². The number of hydrogen-bond acceptors (Lipinski definition) is 4. The molecule has 0 bridgehead atoms. The summed E-state index contributed by atoms with van der Waals surface area (Å²) in [4.78, 5) is 31.6. The zero-order valence-electron chi connectivity index (χ0n) is 15.7. The van der Waals surface area contributed by atoms with Crippen LogP contribution in [0.4, 0.5) is 0 Å². The van der Waals surface area contributed by atoms with E-state index in [-0.39, 0.29) is 18.1 Å². The van der Waals surface area contributed by atoms with Crippen LogP contribution in [0.5, 0.6) is 0 Å². The van der Waals surface area contributed by atoms with Gasteiger partial charge in [-0.15, -0.1) is 0 Å². The van der Waals surface area contributed by atoms with Gasteiger partial charge in [0.15, 0.2) is 11.4 Å². The maximum Gasteiger partial charge on any atom is 0.417 e. The summed E-state index contributed by atoms with van der Waals surface area (Å²) in [6.07, 6.45) is 2.05. The fourth-order valence-electron chi connectivity index (χ4n) is 3.46. The Morgan fingerprint density at radius 2 is 1.89 bits per heavy atom. The molecule has 0 saturated carbocycles. The molecule has 1 N–H and O–H groups in total. The predicted molar refractivity (Wildman–Crippen MR) is 108 cm³/mol. The normalized spacial score (nSPS) is 12.2. The largest absolute Gasteiger partial charge is 0.417 e. The van der Waals surface area contributed by atoms with Crippen molar-refractivity contribution in [2.75, 3.05) is 0 Å². The number of nitrogens with one attached hydrogen (secondary N) is 1. The van der Waals surface area contributed by atoms with Crippen LogP contribution in [0, 0.1) is 13.8 Å². The minimum absolute atomic E-state index is 0.0143. The monoisotopic (exact) mass is 372 g/mol. The maximum absolute atomic E-state index is 13.1. The van der Waals surface area contributed by atoms with Crippen molar-refractivity contribution in [3.05, 3.63) is 99.3 Å². The second-order valence-electron chi connectivity index (χ2n) is 7.02. The summed E-state index contributed by atoms with van der Waals surface area (Å²) < 4.78 is 5.02. The number of Topliss-reactive ketones (excluding diaryl/α,β-unsaturated/α-hetero) is 1. The first kappa shape index (κ1) is 17.9. The van der Waals surface area contributed by atoms with E-state index in [1.54, 1.807) is 24.4 Å². The molecule has 2 heterocycles. The number of fused-ring (bicyclic) bond motifs is 1. The summed E-state index contributed by atoms with van der Waals surface area (Å²) in [6.45, 7) is 4.05. The van der Waals surface area contributed by atoms with Gasteiger partial charge in [-0.05, 0) is 49.2 Å². The molecule has 2 aromatic heterocycles. The van der Waals surface area contributed by atoms with Crippen LogP contribution < -0.4 is 5.76 Å². The minimum atomic E-state index is -0.527. The molecule has 5 nitrogen and oxygen atoms in total. The van der Waals surface area contributed by atoms with Gasteiger partial charge in [0, 0.05) is 24.1 Å². The van der Waals surface area contributed by atoms with Gasteiger partial charge < -0.3 is 4.42 Å². The molecule has 140 valence electrons. The van der Waals surface area contributed by atoms with Gasteiger partial charge in [0.25, 0.3) is 0 Å². The van der Waals surface area contributed by atoms with Crippen LogP contribution >= 0.6 is 0 Å². The molecule has 0 amide bonds. The number of hydrogen-bond donors (Lipinski definition) is 1. The highest BCUT2D eigenvalue weighted by molar-refractivity contribution is 5.99. The Bertz CT molecular complexity index is 1200. The quantitative estimate of drug-likeness (QED) is 0.522. The summed E-state index contributed by atoms with van der Waals surface area (Å²) in [5, 5.41) is 0. The van der Waals surface area contributed by atoms with E-state index in [0.717, 1.165) is 16.8 Å². The van der Waals surface area contributed by atoms with E-state index in [4.69, 9.17) is 4.42 Å². The number of benzene rings is 2. The molecule has 0 radical (unpaired) electrons. The Hall–Kier alpha value is -3.47. The van der Waals surface area contributed by atoms with Crippen molar-refractivity contribution in [3.63, 3.8) is 0 Å². The number of aromatic amines is 1. The molecule has 0 spiro atoms. The maximum atomic E-state index is 13.1. The first-order valence-electron chi connectivity index (χ1n) is 9.15. The fraction of sp³-hybridized carbons (Fsp3) is 0.174. The highest BCUT2D eigenvalue weighted by Gasteiger charge is 2.22. The molecule has 28 heavy (non-hydrogen) atoms. The van der Waals surface area contributed by atoms with Crippen LogP contribution in [-0.4, -0.2) is 15.8 Å². The molecule has 4 rings (SSSR count). The van der Waals surface area contributed by atoms with Crippen molar-refractivity contribution >= 4 is 16.9 Å². The number of nitrogens with zero attached hydrogens (tertiary/aromatic N) is 1. The third-order valence-corrected chi connectivity index (χ3v) is 4.99. The third-order valence-electron chi connectivity index (χ3n) is 4.99. The Balaban J connectivity index is 1.71.